The van der Waals surface area contributed by atoms with Crippen LogP contribution in [0.4, 0.5) is 0 Å². The predicted octanol–water partition coefficient (Wildman–Crippen LogP) is 6.36. The van der Waals surface area contributed by atoms with Gasteiger partial charge < -0.3 is 4.74 Å². The quantitative estimate of drug-likeness (QED) is 0.473. The summed E-state index contributed by atoms with van der Waals surface area (Å²) < 4.78 is 6.10. The molecule has 124 valence electrons. The molecule has 0 saturated heterocycles. The third-order valence-corrected chi connectivity index (χ3v) is 6.21. The molecule has 0 aromatic heterocycles. The molecule has 2 saturated carbocycles. The van der Waals surface area contributed by atoms with Crippen molar-refractivity contribution in [2.24, 2.45) is 17.8 Å². The smallest absolute Gasteiger partial charge is 0.0575 e. The second kappa shape index (κ2) is 9.87. The summed E-state index contributed by atoms with van der Waals surface area (Å²) in [4.78, 5) is 0. The van der Waals surface area contributed by atoms with Crippen LogP contribution in [0.1, 0.15) is 97.3 Å². The van der Waals surface area contributed by atoms with E-state index in [0.29, 0.717) is 6.10 Å². The van der Waals surface area contributed by atoms with Crippen molar-refractivity contribution in [3.63, 3.8) is 0 Å². The van der Waals surface area contributed by atoms with Crippen LogP contribution in [0.15, 0.2) is 0 Å². The molecule has 1 heteroatoms. The lowest BCUT2D eigenvalue weighted by Crippen LogP contribution is -2.28. The van der Waals surface area contributed by atoms with Crippen molar-refractivity contribution in [1.82, 2.24) is 0 Å². The van der Waals surface area contributed by atoms with Crippen LogP contribution < -0.4 is 0 Å². The van der Waals surface area contributed by atoms with E-state index >= 15 is 0 Å². The van der Waals surface area contributed by atoms with Crippen molar-refractivity contribution in [3.05, 3.63) is 0 Å². The zero-order valence-electron chi connectivity index (χ0n) is 14.6. The van der Waals surface area contributed by atoms with Gasteiger partial charge in [-0.15, -0.1) is 0 Å². The summed E-state index contributed by atoms with van der Waals surface area (Å²) in [5, 5.41) is 0. The van der Waals surface area contributed by atoms with Gasteiger partial charge in [0.15, 0.2) is 0 Å². The van der Waals surface area contributed by atoms with Gasteiger partial charge in [0.05, 0.1) is 6.10 Å². The van der Waals surface area contributed by atoms with E-state index in [9.17, 15) is 0 Å². The van der Waals surface area contributed by atoms with Gasteiger partial charge in [-0.05, 0) is 62.7 Å². The first-order chi connectivity index (χ1) is 10.3. The maximum atomic E-state index is 6.10. The molecule has 2 aliphatic rings. The SMILES string of the molecule is CCCCCCOC1CCC(C2CCC(CC)CC2)CC1. The van der Waals surface area contributed by atoms with E-state index in [2.05, 4.69) is 13.8 Å². The fraction of sp³-hybridized carbons (Fsp3) is 1.00. The monoisotopic (exact) mass is 294 g/mol. The van der Waals surface area contributed by atoms with E-state index in [0.717, 1.165) is 24.4 Å². The Morgan fingerprint density at radius 3 is 1.90 bits per heavy atom. The number of ether oxygens (including phenoxy) is 1. The highest BCUT2D eigenvalue weighted by Crippen LogP contribution is 2.41. The van der Waals surface area contributed by atoms with Crippen molar-refractivity contribution in [2.45, 2.75) is 103 Å². The van der Waals surface area contributed by atoms with Gasteiger partial charge in [-0.1, -0.05) is 52.4 Å². The van der Waals surface area contributed by atoms with Gasteiger partial charge in [-0.3, -0.25) is 0 Å². The summed E-state index contributed by atoms with van der Waals surface area (Å²) in [6.07, 6.45) is 19.0. The Hall–Kier alpha value is -0.0400. The Morgan fingerprint density at radius 1 is 0.714 bits per heavy atom. The van der Waals surface area contributed by atoms with E-state index in [1.54, 1.807) is 0 Å². The van der Waals surface area contributed by atoms with Gasteiger partial charge in [0.2, 0.25) is 0 Å². The van der Waals surface area contributed by atoms with E-state index in [4.69, 9.17) is 4.74 Å². The van der Waals surface area contributed by atoms with Gasteiger partial charge in [0.25, 0.3) is 0 Å². The van der Waals surface area contributed by atoms with Gasteiger partial charge in [-0.25, -0.2) is 0 Å². The molecule has 0 aliphatic heterocycles. The molecule has 0 N–H and O–H groups in total. The van der Waals surface area contributed by atoms with Crippen molar-refractivity contribution >= 4 is 0 Å². The summed E-state index contributed by atoms with van der Waals surface area (Å²) in [5.41, 5.74) is 0. The third kappa shape index (κ3) is 5.93. The molecule has 1 nitrogen and oxygen atoms in total. The van der Waals surface area contributed by atoms with E-state index in [1.165, 1.54) is 83.5 Å². The molecule has 0 unspecified atom stereocenters. The van der Waals surface area contributed by atoms with Crippen LogP contribution in [0.5, 0.6) is 0 Å². The largest absolute Gasteiger partial charge is 0.378 e. The molecule has 0 spiro atoms. The predicted molar refractivity (Wildman–Crippen MR) is 91.6 cm³/mol. The maximum Gasteiger partial charge on any atom is 0.0575 e. The minimum Gasteiger partial charge on any atom is -0.378 e. The van der Waals surface area contributed by atoms with Gasteiger partial charge in [0, 0.05) is 6.61 Å². The summed E-state index contributed by atoms with van der Waals surface area (Å²) in [5.74, 6) is 3.13. The molecule has 0 bridgehead atoms. The summed E-state index contributed by atoms with van der Waals surface area (Å²) in [6, 6.07) is 0. The molecular weight excluding hydrogens is 256 g/mol. The van der Waals surface area contributed by atoms with Crippen LogP contribution in [-0.2, 0) is 4.74 Å². The second-order valence-corrected chi connectivity index (χ2v) is 7.66. The molecule has 0 aromatic carbocycles. The number of hydrogen-bond acceptors (Lipinski definition) is 1. The number of rotatable bonds is 8. The topological polar surface area (TPSA) is 9.23 Å². The first-order valence-electron chi connectivity index (χ1n) is 9.95. The Morgan fingerprint density at radius 2 is 1.33 bits per heavy atom. The Balaban J connectivity index is 1.56. The van der Waals surface area contributed by atoms with Crippen LogP contribution in [-0.4, -0.2) is 12.7 Å². The Labute approximate surface area is 133 Å². The van der Waals surface area contributed by atoms with E-state index in [1.807, 2.05) is 0 Å². The van der Waals surface area contributed by atoms with Crippen LogP contribution in [0.3, 0.4) is 0 Å². The highest BCUT2D eigenvalue weighted by molar-refractivity contribution is 4.82. The molecule has 0 amide bonds. The van der Waals surface area contributed by atoms with Gasteiger partial charge in [0.1, 0.15) is 0 Å². The molecule has 2 aliphatic carbocycles. The summed E-state index contributed by atoms with van der Waals surface area (Å²) in [7, 11) is 0. The first kappa shape index (κ1) is 17.3. The fourth-order valence-corrected chi connectivity index (χ4v) is 4.57. The summed E-state index contributed by atoms with van der Waals surface area (Å²) >= 11 is 0. The maximum absolute atomic E-state index is 6.10. The van der Waals surface area contributed by atoms with Gasteiger partial charge in [-0.2, -0.15) is 0 Å². The average Bonchev–Trinajstić information content (AvgIpc) is 2.55. The van der Waals surface area contributed by atoms with E-state index < -0.39 is 0 Å². The molecule has 2 rings (SSSR count). The second-order valence-electron chi connectivity index (χ2n) is 7.66. The zero-order valence-corrected chi connectivity index (χ0v) is 14.6. The average molecular weight is 295 g/mol. The fourth-order valence-electron chi connectivity index (χ4n) is 4.57. The minimum atomic E-state index is 0.592. The molecular formula is C20H38O. The highest BCUT2D eigenvalue weighted by Gasteiger charge is 2.30. The van der Waals surface area contributed by atoms with Crippen LogP contribution in [0, 0.1) is 17.8 Å². The van der Waals surface area contributed by atoms with Crippen molar-refractivity contribution in [3.8, 4) is 0 Å². The number of hydrogen-bond donors (Lipinski definition) is 0. The normalized spacial score (nSPS) is 34.0. The van der Waals surface area contributed by atoms with Gasteiger partial charge >= 0.3 is 0 Å². The lowest BCUT2D eigenvalue weighted by molar-refractivity contribution is 0.00539. The van der Waals surface area contributed by atoms with Crippen molar-refractivity contribution in [1.29, 1.82) is 0 Å². The van der Waals surface area contributed by atoms with E-state index in [-0.39, 0.29) is 0 Å². The molecule has 0 radical (unpaired) electrons. The first-order valence-corrected chi connectivity index (χ1v) is 9.95. The van der Waals surface area contributed by atoms with Crippen molar-refractivity contribution in [2.75, 3.05) is 6.61 Å². The summed E-state index contributed by atoms with van der Waals surface area (Å²) in [6.45, 7) is 5.65. The molecule has 0 atom stereocenters. The lowest BCUT2D eigenvalue weighted by Gasteiger charge is -2.37. The molecule has 21 heavy (non-hydrogen) atoms. The van der Waals surface area contributed by atoms with Crippen LogP contribution in [0.25, 0.3) is 0 Å². The molecule has 0 heterocycles. The minimum absolute atomic E-state index is 0.592. The standard InChI is InChI=1S/C20H38O/c1-3-5-6-7-16-21-20-14-12-19(13-15-20)18-10-8-17(4-2)9-11-18/h17-20H,3-16H2,1-2H3. The number of unbranched alkanes of at least 4 members (excludes halogenated alkanes) is 3. The third-order valence-electron chi connectivity index (χ3n) is 6.21. The molecule has 0 aromatic rings. The van der Waals surface area contributed by atoms with Crippen LogP contribution in [0.2, 0.25) is 0 Å². The van der Waals surface area contributed by atoms with Crippen molar-refractivity contribution < 1.29 is 4.74 Å². The molecule has 2 fully saturated rings. The zero-order chi connectivity index (χ0) is 14.9. The van der Waals surface area contributed by atoms with Crippen LogP contribution >= 0.6 is 0 Å². The highest BCUT2D eigenvalue weighted by atomic mass is 16.5. The lowest BCUT2D eigenvalue weighted by atomic mass is 9.70. The Kier molecular flexibility index (Phi) is 8.14. The Bertz CT molecular complexity index is 247.